The van der Waals surface area contributed by atoms with Gasteiger partial charge in [-0.1, -0.05) is 30.7 Å². The van der Waals surface area contributed by atoms with E-state index >= 15 is 0 Å². The summed E-state index contributed by atoms with van der Waals surface area (Å²) in [6.45, 7) is 9.37. The Hall–Kier alpha value is -2.52. The molecule has 5 rings (SSSR count). The predicted molar refractivity (Wildman–Crippen MR) is 171 cm³/mol. The van der Waals surface area contributed by atoms with Crippen molar-refractivity contribution in [1.82, 2.24) is 4.90 Å². The van der Waals surface area contributed by atoms with Crippen LogP contribution in [0, 0.1) is 12.3 Å². The van der Waals surface area contributed by atoms with Crippen LogP contribution in [0.4, 0.5) is 4.79 Å². The lowest BCUT2D eigenvalue weighted by atomic mass is 9.64. The fourth-order valence-corrected chi connectivity index (χ4v) is 7.87. The molecule has 1 aromatic carbocycles. The summed E-state index contributed by atoms with van der Waals surface area (Å²) in [5, 5.41) is 23.4. The first-order valence-corrected chi connectivity index (χ1v) is 16.5. The van der Waals surface area contributed by atoms with Gasteiger partial charge in [0, 0.05) is 36.1 Å². The number of carbonyl (C=O) groups is 2. The lowest BCUT2D eigenvalue weighted by Crippen LogP contribution is -2.54. The third-order valence-corrected chi connectivity index (χ3v) is 10.6. The normalized spacial score (nSPS) is 26.0. The van der Waals surface area contributed by atoms with Crippen LogP contribution < -0.4 is 0 Å². The van der Waals surface area contributed by atoms with Crippen molar-refractivity contribution in [3.63, 3.8) is 0 Å². The van der Waals surface area contributed by atoms with Crippen LogP contribution in [0.5, 0.6) is 0 Å². The molecule has 1 amide bonds. The number of aliphatic hydroxyl groups is 2. The van der Waals surface area contributed by atoms with E-state index in [1.807, 2.05) is 31.2 Å². The van der Waals surface area contributed by atoms with E-state index in [-0.39, 0.29) is 24.9 Å². The Bertz CT molecular complexity index is 1300. The van der Waals surface area contributed by atoms with Gasteiger partial charge >= 0.3 is 6.09 Å². The number of hydrogen-bond acceptors (Lipinski definition) is 7. The van der Waals surface area contributed by atoms with Crippen molar-refractivity contribution in [3.05, 3.63) is 68.4 Å². The van der Waals surface area contributed by atoms with Crippen LogP contribution in [0.1, 0.15) is 103 Å². The summed E-state index contributed by atoms with van der Waals surface area (Å²) < 4.78 is 10.6. The fourth-order valence-electron chi connectivity index (χ4n) is 7.05. The number of amides is 1. The van der Waals surface area contributed by atoms with Gasteiger partial charge in [0.15, 0.2) is 0 Å². The van der Waals surface area contributed by atoms with Gasteiger partial charge in [0.2, 0.25) is 5.78 Å². The maximum absolute atomic E-state index is 14.1. The minimum Gasteiger partial charge on any atom is -0.450 e. The van der Waals surface area contributed by atoms with Crippen molar-refractivity contribution < 1.29 is 29.3 Å². The van der Waals surface area contributed by atoms with Crippen LogP contribution in [0.2, 0.25) is 0 Å². The third-order valence-electron chi connectivity index (χ3n) is 9.64. The first kappa shape index (κ1) is 33.4. The minimum absolute atomic E-state index is 0.0159. The number of ketones is 1. The molecule has 0 aliphatic heterocycles. The Morgan fingerprint density at radius 3 is 2.63 bits per heavy atom. The van der Waals surface area contributed by atoms with Gasteiger partial charge in [-0.15, -0.1) is 11.3 Å². The summed E-state index contributed by atoms with van der Waals surface area (Å²) in [6.07, 6.45) is 6.52. The number of fused-ring (bicyclic) bond motifs is 8. The number of hydrogen-bond donors (Lipinski definition) is 2. The van der Waals surface area contributed by atoms with Gasteiger partial charge in [-0.2, -0.15) is 0 Å². The van der Waals surface area contributed by atoms with E-state index in [1.54, 1.807) is 18.9 Å². The molecule has 236 valence electrons. The molecule has 1 fully saturated rings. The van der Waals surface area contributed by atoms with Gasteiger partial charge in [0.05, 0.1) is 29.7 Å². The van der Waals surface area contributed by atoms with Crippen LogP contribution in [-0.2, 0) is 15.9 Å². The Balaban J connectivity index is 1.80. The summed E-state index contributed by atoms with van der Waals surface area (Å²) in [7, 11) is 1.64. The molecule has 1 aromatic heterocycles. The van der Waals surface area contributed by atoms with Crippen molar-refractivity contribution >= 4 is 23.2 Å². The van der Waals surface area contributed by atoms with Crippen LogP contribution in [-0.4, -0.2) is 72.1 Å². The van der Waals surface area contributed by atoms with Crippen molar-refractivity contribution in [1.29, 1.82) is 0 Å². The lowest BCUT2D eigenvalue weighted by Gasteiger charge is -2.46. The van der Waals surface area contributed by atoms with Gasteiger partial charge in [-0.05, 0) is 107 Å². The van der Waals surface area contributed by atoms with E-state index in [1.165, 1.54) is 16.9 Å². The molecule has 1 saturated carbocycles. The Morgan fingerprint density at radius 2 is 1.93 bits per heavy atom. The summed E-state index contributed by atoms with van der Waals surface area (Å²) in [5.41, 5.74) is 1.94. The molecule has 2 bridgehead atoms. The monoisotopic (exact) mass is 611 g/mol. The van der Waals surface area contributed by atoms with E-state index in [9.17, 15) is 19.8 Å². The molecule has 3 aliphatic rings. The van der Waals surface area contributed by atoms with Gasteiger partial charge in [0.25, 0.3) is 0 Å². The number of aliphatic hydroxyl groups excluding tert-OH is 1. The molecule has 43 heavy (non-hydrogen) atoms. The summed E-state index contributed by atoms with van der Waals surface area (Å²) in [5.74, 6) is -0.117. The summed E-state index contributed by atoms with van der Waals surface area (Å²) >= 11 is 1.49. The predicted octanol–water partition coefficient (Wildman–Crippen LogP) is 6.82. The highest BCUT2D eigenvalue weighted by molar-refractivity contribution is 7.14. The molecule has 8 heteroatoms. The molecule has 0 unspecified atom stereocenters. The molecule has 7 nitrogen and oxygen atoms in total. The fraction of sp³-hybridized carbons (Fsp3) is 0.600. The number of ether oxygens (including phenoxy) is 2. The molecule has 0 radical (unpaired) electrons. The highest BCUT2D eigenvalue weighted by Crippen LogP contribution is 2.59. The van der Waals surface area contributed by atoms with E-state index in [0.29, 0.717) is 62.1 Å². The molecular formula is C35H49NO6S. The van der Waals surface area contributed by atoms with Crippen LogP contribution in [0.15, 0.2) is 42.0 Å². The van der Waals surface area contributed by atoms with E-state index < -0.39 is 23.2 Å². The highest BCUT2D eigenvalue weighted by atomic mass is 32.1. The van der Waals surface area contributed by atoms with Gasteiger partial charge in [-0.3, -0.25) is 4.79 Å². The zero-order chi connectivity index (χ0) is 31.2. The largest absolute Gasteiger partial charge is 0.450 e. The number of allylic oxidation sites excluding steroid dienone is 2. The van der Waals surface area contributed by atoms with Crippen molar-refractivity contribution in [3.8, 4) is 0 Å². The second-order valence-corrected chi connectivity index (χ2v) is 13.9. The molecule has 2 N–H and O–H groups in total. The maximum Gasteiger partial charge on any atom is 0.409 e. The second-order valence-electron chi connectivity index (χ2n) is 12.7. The van der Waals surface area contributed by atoms with Crippen LogP contribution in [0.25, 0.3) is 0 Å². The van der Waals surface area contributed by atoms with Crippen molar-refractivity contribution in [2.24, 2.45) is 5.41 Å². The zero-order valence-electron chi connectivity index (χ0n) is 26.5. The summed E-state index contributed by atoms with van der Waals surface area (Å²) in [6, 6.07) is 9.92. The van der Waals surface area contributed by atoms with Gasteiger partial charge in [0.1, 0.15) is 0 Å². The Morgan fingerprint density at radius 1 is 1.14 bits per heavy atom. The second kappa shape index (κ2) is 14.5. The first-order valence-electron chi connectivity index (χ1n) is 15.7. The standard InChI is InChI=1S/C35H49NO6S/c1-6-42-33(39)36(19-8-20-41-5)23-35(40)18-16-30-28-14-12-26(22-29(28)32(38)31-15-11-25(3)43-31)21-27(37)13-10-24(2)9-7-17-34(30,35)4/h9,11-12,14-15,22,27,30,37,40H,6-8,10,13,16-21,23H2,1-5H3/t27-,30-,34-,35+/m0/s1. The van der Waals surface area contributed by atoms with E-state index in [4.69, 9.17) is 9.47 Å². The number of benzene rings is 1. The maximum atomic E-state index is 14.1. The number of nitrogens with zero attached hydrogens (tertiary/aromatic N) is 1. The number of methoxy groups -OCH3 is 1. The Kier molecular flexibility index (Phi) is 11.3. The molecule has 3 aliphatic carbocycles. The topological polar surface area (TPSA) is 96.3 Å². The number of carbonyl (C=O) groups excluding carboxylic acids is 2. The van der Waals surface area contributed by atoms with Crippen molar-refractivity contribution in [2.45, 2.75) is 96.7 Å². The quantitative estimate of drug-likeness (QED) is 0.184. The first-order chi connectivity index (χ1) is 20.5. The highest BCUT2D eigenvalue weighted by Gasteiger charge is 2.57. The Labute approximate surface area is 260 Å². The van der Waals surface area contributed by atoms with Crippen molar-refractivity contribution in [2.75, 3.05) is 33.4 Å². The number of aryl methyl sites for hydroxylation is 1. The smallest absolute Gasteiger partial charge is 0.409 e. The zero-order valence-corrected chi connectivity index (χ0v) is 27.3. The van der Waals surface area contributed by atoms with Gasteiger partial charge < -0.3 is 24.6 Å². The number of thiophene rings is 1. The molecule has 0 saturated heterocycles. The minimum atomic E-state index is -1.19. The average Bonchev–Trinajstić information content (AvgIpc) is 3.51. The lowest BCUT2D eigenvalue weighted by molar-refractivity contribution is -0.0814. The number of rotatable bonds is 9. The average molecular weight is 612 g/mol. The SMILES string of the molecule is CCOC(=O)N(CCCOC)C[C@]1(O)CC[C@H]2c3ccc(cc3C(=O)c3ccc(C)s3)C[C@@H](O)CCC(C)=CCC[C@@]21C. The van der Waals surface area contributed by atoms with Crippen LogP contribution in [0.3, 0.4) is 0 Å². The van der Waals surface area contributed by atoms with Gasteiger partial charge in [-0.25, -0.2) is 4.79 Å². The molecule has 2 aromatic rings. The van der Waals surface area contributed by atoms with E-state index in [0.717, 1.165) is 28.8 Å². The summed E-state index contributed by atoms with van der Waals surface area (Å²) in [4.78, 5) is 30.5. The molecule has 0 spiro atoms. The third kappa shape index (κ3) is 7.59. The van der Waals surface area contributed by atoms with E-state index in [2.05, 4.69) is 26.0 Å². The molecular weight excluding hydrogens is 562 g/mol. The van der Waals surface area contributed by atoms with Crippen LogP contribution >= 0.6 is 11.3 Å². The molecule has 1 heterocycles. The molecule has 4 atom stereocenters.